The summed E-state index contributed by atoms with van der Waals surface area (Å²) in [7, 11) is 0. The Kier molecular flexibility index (Phi) is 8.67. The van der Waals surface area contributed by atoms with E-state index in [9.17, 15) is 0 Å². The number of anilines is 3. The highest BCUT2D eigenvalue weighted by molar-refractivity contribution is 7.99. The lowest BCUT2D eigenvalue weighted by Gasteiger charge is -2.40. The van der Waals surface area contributed by atoms with Gasteiger partial charge in [0.1, 0.15) is 23.0 Å². The Morgan fingerprint density at radius 3 is 0.823 bits per heavy atom. The number of hydrogen-bond acceptors (Lipinski definition) is 4. The first-order valence-electron chi connectivity index (χ1n) is 27.3. The maximum Gasteiger partial charge on any atom is 0.132 e. The molecule has 18 rings (SSSR count). The molecule has 0 saturated heterocycles. The summed E-state index contributed by atoms with van der Waals surface area (Å²) in [4.78, 5) is 5.12. The fraction of sp³-hybridized carbons (Fsp3) is 0.0400. The minimum atomic E-state index is -0.584. The van der Waals surface area contributed by atoms with Gasteiger partial charge in [0.25, 0.3) is 0 Å². The largest absolute Gasteiger partial charge is 0.457 e. The number of ether oxygens (including phenoxy) is 2. The van der Waals surface area contributed by atoms with E-state index in [0.717, 1.165) is 62.3 Å². The Morgan fingerprint density at radius 2 is 0.481 bits per heavy atom. The Labute approximate surface area is 462 Å². The van der Waals surface area contributed by atoms with E-state index in [0.29, 0.717) is 0 Å². The van der Waals surface area contributed by atoms with Gasteiger partial charge in [0.05, 0.1) is 16.2 Å². The van der Waals surface area contributed by atoms with Crippen molar-refractivity contribution in [3.8, 4) is 56.4 Å². The summed E-state index contributed by atoms with van der Waals surface area (Å²) in [6.45, 7) is 0. The van der Waals surface area contributed by atoms with Gasteiger partial charge in [-0.1, -0.05) is 212 Å². The van der Waals surface area contributed by atoms with Crippen molar-refractivity contribution >= 4 is 28.8 Å². The van der Waals surface area contributed by atoms with Crippen LogP contribution >= 0.6 is 11.8 Å². The summed E-state index contributed by atoms with van der Waals surface area (Å²) in [5.41, 5.74) is 23.9. The lowest BCUT2D eigenvalue weighted by molar-refractivity contribution is 0.436. The van der Waals surface area contributed by atoms with E-state index in [1.807, 2.05) is 11.8 Å². The monoisotopic (exact) mass is 1020 g/mol. The van der Waals surface area contributed by atoms with Crippen LogP contribution in [0.4, 0.5) is 17.1 Å². The van der Waals surface area contributed by atoms with Gasteiger partial charge in [-0.05, 0) is 151 Å². The zero-order valence-corrected chi connectivity index (χ0v) is 43.5. The number of hydrogen-bond donors (Lipinski definition) is 0. The van der Waals surface area contributed by atoms with Gasteiger partial charge < -0.3 is 14.4 Å². The molecule has 0 amide bonds. The van der Waals surface area contributed by atoms with Crippen molar-refractivity contribution in [3.63, 3.8) is 0 Å². The van der Waals surface area contributed by atoms with Crippen LogP contribution in [0.5, 0.6) is 23.0 Å². The van der Waals surface area contributed by atoms with Crippen LogP contribution in [0, 0.1) is 0 Å². The number of benzene rings is 12. The standard InChI is InChI=1S/C75H45NO2S/c1-4-22-55-49(19-1)52-43-46(37-40-58(52)73(55)61-25-7-13-31-67(61)77-68-32-14-8-26-62(68)73)76(47-38-41-59-53(44-47)50-20-2-5-23-56(50)74(59)63-27-9-15-33-69(63)78-70-34-16-10-28-64(70)74)48-39-42-60-54(45-48)51-21-3-6-24-57(51)75(60)65-29-11-17-35-71(65)79-72-36-18-12-30-66(72)75/h1-45H. The SMILES string of the molecule is c1ccc2c(c1)Oc1ccccc1C21c2ccccc2-c2cc(N(c3ccc4c(c3)-c3ccccc3C43c4ccccc4Oc4ccccc43)c3ccc4c(c3)-c3ccccc3C43c4ccccc4Sc4ccccc43)ccc21. The molecule has 3 heterocycles. The molecule has 3 aliphatic carbocycles. The van der Waals surface area contributed by atoms with Crippen molar-refractivity contribution in [2.24, 2.45) is 0 Å². The number of para-hydroxylation sites is 4. The van der Waals surface area contributed by atoms with Crippen LogP contribution in [0.3, 0.4) is 0 Å². The number of nitrogens with zero attached hydrogens (tertiary/aromatic N) is 1. The molecule has 0 unspecified atom stereocenters. The van der Waals surface area contributed by atoms with Gasteiger partial charge in [-0.3, -0.25) is 0 Å². The first-order valence-corrected chi connectivity index (χ1v) is 28.1. The fourth-order valence-corrected chi connectivity index (χ4v) is 16.6. The molecule has 12 aromatic carbocycles. The van der Waals surface area contributed by atoms with Crippen molar-refractivity contribution in [2.45, 2.75) is 26.0 Å². The van der Waals surface area contributed by atoms with Gasteiger partial charge in [0, 0.05) is 49.1 Å². The smallest absolute Gasteiger partial charge is 0.132 e. The lowest BCUT2D eigenvalue weighted by atomic mass is 9.66. The highest BCUT2D eigenvalue weighted by atomic mass is 32.2. The van der Waals surface area contributed by atoms with Crippen LogP contribution in [0.25, 0.3) is 33.4 Å². The summed E-state index contributed by atoms with van der Waals surface area (Å²) in [6, 6.07) is 102. The highest BCUT2D eigenvalue weighted by Gasteiger charge is 2.54. The van der Waals surface area contributed by atoms with Crippen molar-refractivity contribution in [2.75, 3.05) is 4.90 Å². The van der Waals surface area contributed by atoms with Crippen molar-refractivity contribution in [1.82, 2.24) is 0 Å². The van der Waals surface area contributed by atoms with E-state index in [1.165, 1.54) is 87.7 Å². The first kappa shape index (κ1) is 43.5. The Hall–Kier alpha value is -9.61. The second-order valence-electron chi connectivity index (χ2n) is 21.7. The second kappa shape index (κ2) is 15.8. The van der Waals surface area contributed by atoms with E-state index in [-0.39, 0.29) is 0 Å². The quantitative estimate of drug-likeness (QED) is 0.176. The predicted molar refractivity (Wildman–Crippen MR) is 317 cm³/mol. The topological polar surface area (TPSA) is 21.7 Å². The van der Waals surface area contributed by atoms with Crippen LogP contribution in [0.1, 0.15) is 66.8 Å². The summed E-state index contributed by atoms with van der Waals surface area (Å²) < 4.78 is 13.5. The third-order valence-electron chi connectivity index (χ3n) is 18.3. The maximum absolute atomic E-state index is 6.74. The predicted octanol–water partition coefficient (Wildman–Crippen LogP) is 18.9. The van der Waals surface area contributed by atoms with Gasteiger partial charge >= 0.3 is 0 Å². The molecule has 0 bridgehead atoms. The molecule has 3 spiro atoms. The molecular formula is C75H45NO2S. The molecule has 0 aromatic heterocycles. The molecule has 4 heteroatoms. The van der Waals surface area contributed by atoms with Crippen LogP contribution in [-0.4, -0.2) is 0 Å². The fourth-order valence-electron chi connectivity index (χ4n) is 15.4. The third-order valence-corrected chi connectivity index (χ3v) is 19.4. The zero-order chi connectivity index (χ0) is 51.6. The molecule has 3 aliphatic heterocycles. The molecule has 79 heavy (non-hydrogen) atoms. The van der Waals surface area contributed by atoms with Crippen molar-refractivity contribution in [3.05, 3.63) is 340 Å². The van der Waals surface area contributed by atoms with Crippen LogP contribution in [-0.2, 0) is 16.2 Å². The minimum Gasteiger partial charge on any atom is -0.457 e. The molecule has 368 valence electrons. The van der Waals surface area contributed by atoms with E-state index in [1.54, 1.807) is 0 Å². The average Bonchev–Trinajstić information content (AvgIpc) is 3.85. The molecule has 12 aromatic rings. The molecule has 0 saturated carbocycles. The van der Waals surface area contributed by atoms with Crippen LogP contribution in [0.15, 0.2) is 283 Å². The van der Waals surface area contributed by atoms with Gasteiger partial charge in [0.2, 0.25) is 0 Å². The molecular weight excluding hydrogens is 979 g/mol. The van der Waals surface area contributed by atoms with Crippen LogP contribution < -0.4 is 14.4 Å². The molecule has 0 fully saturated rings. The Bertz CT molecular complexity index is 4040. The number of rotatable bonds is 3. The average molecular weight is 1020 g/mol. The third kappa shape index (κ3) is 5.39. The highest BCUT2D eigenvalue weighted by Crippen LogP contribution is 2.66. The van der Waals surface area contributed by atoms with E-state index in [2.05, 4.69) is 278 Å². The summed E-state index contributed by atoms with van der Waals surface area (Å²) in [6.07, 6.45) is 0. The number of fused-ring (bicyclic) bond motifs is 27. The summed E-state index contributed by atoms with van der Waals surface area (Å²) >= 11 is 1.88. The van der Waals surface area contributed by atoms with Gasteiger partial charge in [-0.25, -0.2) is 0 Å². The van der Waals surface area contributed by atoms with Crippen molar-refractivity contribution in [1.29, 1.82) is 0 Å². The van der Waals surface area contributed by atoms with E-state index < -0.39 is 16.2 Å². The second-order valence-corrected chi connectivity index (χ2v) is 22.8. The molecule has 3 nitrogen and oxygen atoms in total. The summed E-state index contributed by atoms with van der Waals surface area (Å²) in [5, 5.41) is 0. The minimum absolute atomic E-state index is 0.489. The molecule has 0 N–H and O–H groups in total. The lowest BCUT2D eigenvalue weighted by Crippen LogP contribution is -2.32. The van der Waals surface area contributed by atoms with Gasteiger partial charge in [-0.2, -0.15) is 0 Å². The van der Waals surface area contributed by atoms with Crippen LogP contribution in [0.2, 0.25) is 0 Å². The Balaban J connectivity index is 0.905. The molecule has 0 radical (unpaired) electrons. The molecule has 6 aliphatic rings. The van der Waals surface area contributed by atoms with Crippen molar-refractivity contribution < 1.29 is 9.47 Å². The zero-order valence-electron chi connectivity index (χ0n) is 42.7. The normalized spacial score (nSPS) is 15.3. The van der Waals surface area contributed by atoms with E-state index >= 15 is 0 Å². The maximum atomic E-state index is 6.74. The first-order chi connectivity index (χ1) is 39.2. The van der Waals surface area contributed by atoms with Gasteiger partial charge in [0.15, 0.2) is 0 Å². The summed E-state index contributed by atoms with van der Waals surface area (Å²) in [5.74, 6) is 3.55. The molecule has 0 atom stereocenters. The van der Waals surface area contributed by atoms with Gasteiger partial charge in [-0.15, -0.1) is 0 Å². The Morgan fingerprint density at radius 1 is 0.228 bits per heavy atom. The van der Waals surface area contributed by atoms with E-state index in [4.69, 9.17) is 9.47 Å².